The van der Waals surface area contributed by atoms with Gasteiger partial charge in [-0.25, -0.2) is 0 Å². The number of para-hydroxylation sites is 1. The molecule has 0 aliphatic carbocycles. The van der Waals surface area contributed by atoms with Crippen molar-refractivity contribution in [3.63, 3.8) is 0 Å². The number of ether oxygens (including phenoxy) is 1. The Labute approximate surface area is 164 Å². The van der Waals surface area contributed by atoms with Crippen LogP contribution >= 0.6 is 0 Å². The van der Waals surface area contributed by atoms with Crippen LogP contribution in [0.1, 0.15) is 18.3 Å². The van der Waals surface area contributed by atoms with E-state index in [1.165, 1.54) is 0 Å². The zero-order chi connectivity index (χ0) is 19.6. The van der Waals surface area contributed by atoms with Crippen molar-refractivity contribution in [1.82, 2.24) is 25.8 Å². The first kappa shape index (κ1) is 19.3. The van der Waals surface area contributed by atoms with E-state index < -0.39 is 0 Å². The lowest BCUT2D eigenvalue weighted by Crippen LogP contribution is -2.38. The number of benzene rings is 1. The molecule has 8 heteroatoms. The molecule has 2 aromatic heterocycles. The first-order chi connectivity index (χ1) is 13.8. The highest BCUT2D eigenvalue weighted by atomic mass is 16.5. The molecule has 2 heterocycles. The van der Waals surface area contributed by atoms with Crippen LogP contribution in [-0.2, 0) is 13.0 Å². The third kappa shape index (κ3) is 5.29. The normalized spacial score (nSPS) is 11.3. The number of aromatic nitrogens is 3. The van der Waals surface area contributed by atoms with Crippen LogP contribution in [0.2, 0.25) is 0 Å². The predicted molar refractivity (Wildman–Crippen MR) is 107 cm³/mol. The molecule has 28 heavy (non-hydrogen) atoms. The van der Waals surface area contributed by atoms with E-state index in [4.69, 9.17) is 9.26 Å². The van der Waals surface area contributed by atoms with Gasteiger partial charge in [-0.1, -0.05) is 29.4 Å². The zero-order valence-electron chi connectivity index (χ0n) is 16.1. The summed E-state index contributed by atoms with van der Waals surface area (Å²) in [6.45, 7) is 3.84. The van der Waals surface area contributed by atoms with Crippen molar-refractivity contribution in [2.24, 2.45) is 4.99 Å². The van der Waals surface area contributed by atoms with Gasteiger partial charge in [-0.05, 0) is 25.1 Å². The molecule has 0 bridgehead atoms. The molecule has 8 nitrogen and oxygen atoms in total. The second-order valence-corrected chi connectivity index (χ2v) is 5.87. The Morgan fingerprint density at radius 3 is 2.79 bits per heavy atom. The summed E-state index contributed by atoms with van der Waals surface area (Å²) in [5.74, 6) is 2.61. The van der Waals surface area contributed by atoms with Crippen molar-refractivity contribution >= 4 is 5.96 Å². The van der Waals surface area contributed by atoms with E-state index in [0.717, 1.165) is 11.3 Å². The fourth-order valence-corrected chi connectivity index (χ4v) is 2.59. The van der Waals surface area contributed by atoms with Gasteiger partial charge in [0.25, 0.3) is 5.89 Å². The van der Waals surface area contributed by atoms with Gasteiger partial charge in [0, 0.05) is 38.3 Å². The molecule has 1 aromatic carbocycles. The number of pyridine rings is 1. The maximum absolute atomic E-state index is 5.65. The SMILES string of the molecule is CCOc1ccccc1CNC(=NC)NCCc1noc(-c2ccccn2)n1. The van der Waals surface area contributed by atoms with Gasteiger partial charge in [0.15, 0.2) is 11.8 Å². The maximum Gasteiger partial charge on any atom is 0.276 e. The Bertz CT molecular complexity index is 894. The highest BCUT2D eigenvalue weighted by Gasteiger charge is 2.10. The lowest BCUT2D eigenvalue weighted by molar-refractivity contribution is 0.336. The summed E-state index contributed by atoms with van der Waals surface area (Å²) >= 11 is 0. The van der Waals surface area contributed by atoms with Gasteiger partial charge >= 0.3 is 0 Å². The Morgan fingerprint density at radius 2 is 2.00 bits per heavy atom. The second-order valence-electron chi connectivity index (χ2n) is 5.87. The summed E-state index contributed by atoms with van der Waals surface area (Å²) in [6, 6.07) is 13.5. The van der Waals surface area contributed by atoms with E-state index >= 15 is 0 Å². The van der Waals surface area contributed by atoms with E-state index in [-0.39, 0.29) is 0 Å². The summed E-state index contributed by atoms with van der Waals surface area (Å²) in [5, 5.41) is 10.5. The number of nitrogens with zero attached hydrogens (tertiary/aromatic N) is 4. The number of hydrogen-bond acceptors (Lipinski definition) is 6. The summed E-state index contributed by atoms with van der Waals surface area (Å²) in [4.78, 5) is 12.8. The Morgan fingerprint density at radius 1 is 1.14 bits per heavy atom. The average Bonchev–Trinajstić information content (AvgIpc) is 3.21. The monoisotopic (exact) mass is 380 g/mol. The average molecular weight is 380 g/mol. The molecule has 3 aromatic rings. The lowest BCUT2D eigenvalue weighted by Gasteiger charge is -2.14. The molecule has 0 saturated heterocycles. The maximum atomic E-state index is 5.65. The van der Waals surface area contributed by atoms with Crippen LogP contribution in [0.25, 0.3) is 11.6 Å². The van der Waals surface area contributed by atoms with E-state index in [1.807, 2.05) is 49.4 Å². The lowest BCUT2D eigenvalue weighted by atomic mass is 10.2. The number of aliphatic imine (C=N–C) groups is 1. The molecule has 0 radical (unpaired) electrons. The van der Waals surface area contributed by atoms with Crippen molar-refractivity contribution in [2.45, 2.75) is 19.9 Å². The minimum absolute atomic E-state index is 0.422. The van der Waals surface area contributed by atoms with Gasteiger partial charge in [-0.3, -0.25) is 9.98 Å². The minimum atomic E-state index is 0.422. The first-order valence-electron chi connectivity index (χ1n) is 9.19. The number of rotatable bonds is 8. The molecule has 0 aliphatic heterocycles. The van der Waals surface area contributed by atoms with Crippen LogP contribution < -0.4 is 15.4 Å². The van der Waals surface area contributed by atoms with E-state index in [1.54, 1.807) is 13.2 Å². The molecule has 0 aliphatic rings. The largest absolute Gasteiger partial charge is 0.494 e. The van der Waals surface area contributed by atoms with Crippen LogP contribution in [0.3, 0.4) is 0 Å². The zero-order valence-corrected chi connectivity index (χ0v) is 16.1. The highest BCUT2D eigenvalue weighted by Crippen LogP contribution is 2.17. The molecule has 3 rings (SSSR count). The van der Waals surface area contributed by atoms with Crippen molar-refractivity contribution in [2.75, 3.05) is 20.2 Å². The molecule has 0 unspecified atom stereocenters. The Kier molecular flexibility index (Phi) is 6.95. The highest BCUT2D eigenvalue weighted by molar-refractivity contribution is 5.79. The number of guanidine groups is 1. The third-order valence-corrected chi connectivity index (χ3v) is 3.94. The van der Waals surface area contributed by atoms with Crippen LogP contribution in [0, 0.1) is 0 Å². The van der Waals surface area contributed by atoms with Crippen molar-refractivity contribution in [3.05, 3.63) is 60.0 Å². The van der Waals surface area contributed by atoms with Gasteiger partial charge in [0.1, 0.15) is 11.4 Å². The van der Waals surface area contributed by atoms with E-state index in [2.05, 4.69) is 30.8 Å². The fourth-order valence-electron chi connectivity index (χ4n) is 2.59. The smallest absolute Gasteiger partial charge is 0.276 e. The van der Waals surface area contributed by atoms with Gasteiger partial charge in [-0.15, -0.1) is 0 Å². The van der Waals surface area contributed by atoms with Gasteiger partial charge in [-0.2, -0.15) is 4.98 Å². The molecule has 0 saturated carbocycles. The molecule has 0 fully saturated rings. The number of hydrogen-bond donors (Lipinski definition) is 2. The van der Waals surface area contributed by atoms with Crippen LogP contribution in [0.15, 0.2) is 58.2 Å². The van der Waals surface area contributed by atoms with Crippen molar-refractivity contribution in [1.29, 1.82) is 0 Å². The molecule has 2 N–H and O–H groups in total. The van der Waals surface area contributed by atoms with Gasteiger partial charge in [0.05, 0.1) is 6.61 Å². The standard InChI is InChI=1S/C20H24N6O2/c1-3-27-17-10-5-4-8-15(17)14-24-20(21-2)23-13-11-18-25-19(28-26-18)16-9-6-7-12-22-16/h4-10,12H,3,11,13-14H2,1-2H3,(H2,21,23,24). The number of nitrogens with one attached hydrogen (secondary N) is 2. The topological polar surface area (TPSA) is 97.5 Å². The van der Waals surface area contributed by atoms with Crippen LogP contribution in [0.4, 0.5) is 0 Å². The second kappa shape index (κ2) is 10.1. The van der Waals surface area contributed by atoms with Crippen molar-refractivity contribution in [3.8, 4) is 17.3 Å². The Hall–Kier alpha value is -3.42. The fraction of sp³-hybridized carbons (Fsp3) is 0.300. The molecular weight excluding hydrogens is 356 g/mol. The molecule has 146 valence electrons. The van der Waals surface area contributed by atoms with E-state index in [9.17, 15) is 0 Å². The van der Waals surface area contributed by atoms with Gasteiger partial charge in [0.2, 0.25) is 0 Å². The quantitative estimate of drug-likeness (QED) is 0.457. The molecule has 0 atom stereocenters. The van der Waals surface area contributed by atoms with Gasteiger partial charge < -0.3 is 19.9 Å². The van der Waals surface area contributed by atoms with Crippen LogP contribution in [0.5, 0.6) is 5.75 Å². The summed E-state index contributed by atoms with van der Waals surface area (Å²) < 4.78 is 10.9. The first-order valence-corrected chi connectivity index (χ1v) is 9.19. The Balaban J connectivity index is 1.48. The van der Waals surface area contributed by atoms with Crippen LogP contribution in [-0.4, -0.2) is 41.3 Å². The van der Waals surface area contributed by atoms with E-state index in [0.29, 0.717) is 49.5 Å². The minimum Gasteiger partial charge on any atom is -0.494 e. The molecular formula is C20H24N6O2. The third-order valence-electron chi connectivity index (χ3n) is 3.94. The van der Waals surface area contributed by atoms with Crippen molar-refractivity contribution < 1.29 is 9.26 Å². The molecule has 0 amide bonds. The summed E-state index contributed by atoms with van der Waals surface area (Å²) in [7, 11) is 1.73. The summed E-state index contributed by atoms with van der Waals surface area (Å²) in [5.41, 5.74) is 1.74. The predicted octanol–water partition coefficient (Wildman–Crippen LogP) is 2.44. The molecule has 0 spiro atoms. The summed E-state index contributed by atoms with van der Waals surface area (Å²) in [6.07, 6.45) is 2.30.